The lowest BCUT2D eigenvalue weighted by Gasteiger charge is -2.25. The fourth-order valence-electron chi connectivity index (χ4n) is 2.98. The van der Waals surface area contributed by atoms with Crippen molar-refractivity contribution < 1.29 is 9.59 Å². The SMILES string of the molecule is CC(NC(=O)C1CC2CCC1N2)C(=O)NC(C)(C)C. The Hall–Kier alpha value is -1.10. The van der Waals surface area contributed by atoms with Crippen LogP contribution in [-0.4, -0.2) is 35.5 Å². The predicted molar refractivity (Wildman–Crippen MR) is 73.6 cm³/mol. The van der Waals surface area contributed by atoms with Crippen LogP contribution in [0.1, 0.15) is 47.0 Å². The van der Waals surface area contributed by atoms with Crippen molar-refractivity contribution in [3.05, 3.63) is 0 Å². The van der Waals surface area contributed by atoms with E-state index in [0.29, 0.717) is 12.1 Å². The maximum Gasteiger partial charge on any atom is 0.242 e. The molecule has 0 saturated carbocycles. The van der Waals surface area contributed by atoms with Crippen molar-refractivity contribution in [2.75, 3.05) is 0 Å². The van der Waals surface area contributed by atoms with E-state index >= 15 is 0 Å². The molecule has 2 aliphatic rings. The molecule has 2 fully saturated rings. The van der Waals surface area contributed by atoms with Crippen LogP contribution in [0.15, 0.2) is 0 Å². The molecule has 0 aromatic heterocycles. The lowest BCUT2D eigenvalue weighted by Crippen LogP contribution is -2.52. The molecule has 5 nitrogen and oxygen atoms in total. The van der Waals surface area contributed by atoms with Crippen LogP contribution >= 0.6 is 0 Å². The minimum Gasteiger partial charge on any atom is -0.350 e. The fourth-order valence-corrected chi connectivity index (χ4v) is 2.98. The molecule has 4 atom stereocenters. The van der Waals surface area contributed by atoms with Gasteiger partial charge in [0.2, 0.25) is 11.8 Å². The van der Waals surface area contributed by atoms with Gasteiger partial charge in [0.1, 0.15) is 6.04 Å². The minimum absolute atomic E-state index is 0.0104. The molecule has 2 rings (SSSR count). The Morgan fingerprint density at radius 1 is 1.26 bits per heavy atom. The van der Waals surface area contributed by atoms with Crippen molar-refractivity contribution in [3.63, 3.8) is 0 Å². The van der Waals surface area contributed by atoms with Crippen molar-refractivity contribution in [1.82, 2.24) is 16.0 Å². The van der Waals surface area contributed by atoms with E-state index in [1.165, 1.54) is 6.42 Å². The molecule has 4 unspecified atom stereocenters. The molecule has 108 valence electrons. The zero-order valence-electron chi connectivity index (χ0n) is 12.2. The molecule has 3 N–H and O–H groups in total. The Morgan fingerprint density at radius 3 is 2.42 bits per heavy atom. The highest BCUT2D eigenvalue weighted by Crippen LogP contribution is 2.33. The van der Waals surface area contributed by atoms with Gasteiger partial charge in [0.15, 0.2) is 0 Å². The van der Waals surface area contributed by atoms with E-state index in [0.717, 1.165) is 12.8 Å². The molecule has 2 heterocycles. The second kappa shape index (κ2) is 5.12. The standard InChI is InChI=1S/C14H25N3O2/c1-8(12(18)17-14(2,3)4)15-13(19)10-7-9-5-6-11(10)16-9/h8-11,16H,5-7H2,1-4H3,(H,15,19)(H,17,18). The molecule has 0 spiro atoms. The second-order valence-electron chi connectivity index (χ2n) is 6.86. The van der Waals surface area contributed by atoms with Crippen LogP contribution in [0.25, 0.3) is 0 Å². The van der Waals surface area contributed by atoms with Gasteiger partial charge in [-0.1, -0.05) is 0 Å². The van der Waals surface area contributed by atoms with Crippen molar-refractivity contribution >= 4 is 11.8 Å². The molecular formula is C14H25N3O2. The van der Waals surface area contributed by atoms with E-state index in [-0.39, 0.29) is 23.3 Å². The number of amides is 2. The summed E-state index contributed by atoms with van der Waals surface area (Å²) in [6.45, 7) is 7.53. The maximum absolute atomic E-state index is 12.2. The highest BCUT2D eigenvalue weighted by molar-refractivity contribution is 5.89. The van der Waals surface area contributed by atoms with Gasteiger partial charge in [-0.2, -0.15) is 0 Å². The number of carbonyl (C=O) groups is 2. The molecule has 5 heteroatoms. The van der Waals surface area contributed by atoms with Crippen LogP contribution in [0.2, 0.25) is 0 Å². The lowest BCUT2D eigenvalue weighted by molar-refractivity contribution is -0.131. The van der Waals surface area contributed by atoms with E-state index < -0.39 is 6.04 Å². The summed E-state index contributed by atoms with van der Waals surface area (Å²) in [5.41, 5.74) is -0.274. The van der Waals surface area contributed by atoms with Gasteiger partial charge < -0.3 is 16.0 Å². The largest absolute Gasteiger partial charge is 0.350 e. The number of hydrogen-bond acceptors (Lipinski definition) is 3. The first-order valence-corrected chi connectivity index (χ1v) is 7.15. The highest BCUT2D eigenvalue weighted by Gasteiger charge is 2.43. The van der Waals surface area contributed by atoms with Gasteiger partial charge in [0.05, 0.1) is 5.92 Å². The van der Waals surface area contributed by atoms with E-state index in [9.17, 15) is 9.59 Å². The summed E-state index contributed by atoms with van der Waals surface area (Å²) in [5.74, 6) is -0.0862. The number of nitrogens with one attached hydrogen (secondary N) is 3. The normalized spacial score (nSPS) is 31.1. The number of carbonyl (C=O) groups excluding carboxylic acids is 2. The summed E-state index contributed by atoms with van der Waals surface area (Å²) in [5, 5.41) is 9.16. The summed E-state index contributed by atoms with van der Waals surface area (Å²) in [6.07, 6.45) is 3.16. The molecular weight excluding hydrogens is 242 g/mol. The average molecular weight is 267 g/mol. The zero-order valence-corrected chi connectivity index (χ0v) is 12.2. The van der Waals surface area contributed by atoms with Crippen molar-refractivity contribution in [3.8, 4) is 0 Å². The third-order valence-electron chi connectivity index (χ3n) is 3.89. The Balaban J connectivity index is 1.83. The third kappa shape index (κ3) is 3.47. The molecule has 2 aliphatic heterocycles. The van der Waals surface area contributed by atoms with Gasteiger partial charge in [-0.3, -0.25) is 9.59 Å². The van der Waals surface area contributed by atoms with Gasteiger partial charge in [0, 0.05) is 17.6 Å². The Labute approximate surface area is 114 Å². The molecule has 0 radical (unpaired) electrons. The first-order valence-electron chi connectivity index (χ1n) is 7.15. The number of fused-ring (bicyclic) bond motifs is 2. The highest BCUT2D eigenvalue weighted by atomic mass is 16.2. The van der Waals surface area contributed by atoms with Gasteiger partial charge in [-0.25, -0.2) is 0 Å². The Kier molecular flexibility index (Phi) is 3.85. The van der Waals surface area contributed by atoms with Crippen molar-refractivity contribution in [1.29, 1.82) is 0 Å². The fraction of sp³-hybridized carbons (Fsp3) is 0.857. The zero-order chi connectivity index (χ0) is 14.2. The Bertz CT molecular complexity index is 375. The van der Waals surface area contributed by atoms with E-state index in [2.05, 4.69) is 16.0 Å². The van der Waals surface area contributed by atoms with Crippen LogP contribution in [0.3, 0.4) is 0 Å². The average Bonchev–Trinajstić information content (AvgIpc) is 2.87. The molecule has 2 bridgehead atoms. The summed E-state index contributed by atoms with van der Waals surface area (Å²) in [7, 11) is 0. The van der Waals surface area contributed by atoms with Crippen molar-refractivity contribution in [2.45, 2.75) is 70.6 Å². The van der Waals surface area contributed by atoms with Crippen LogP contribution in [-0.2, 0) is 9.59 Å². The molecule has 0 aromatic rings. The van der Waals surface area contributed by atoms with E-state index in [1.807, 2.05) is 20.8 Å². The van der Waals surface area contributed by atoms with Crippen LogP contribution < -0.4 is 16.0 Å². The maximum atomic E-state index is 12.2. The lowest BCUT2D eigenvalue weighted by atomic mass is 9.88. The topological polar surface area (TPSA) is 70.2 Å². The van der Waals surface area contributed by atoms with Gasteiger partial charge in [-0.15, -0.1) is 0 Å². The van der Waals surface area contributed by atoms with Crippen LogP contribution in [0.5, 0.6) is 0 Å². The predicted octanol–water partition coefficient (Wildman–Crippen LogP) is 0.546. The van der Waals surface area contributed by atoms with E-state index in [4.69, 9.17) is 0 Å². The summed E-state index contributed by atoms with van der Waals surface area (Å²) >= 11 is 0. The smallest absolute Gasteiger partial charge is 0.242 e. The quantitative estimate of drug-likeness (QED) is 0.699. The third-order valence-corrected chi connectivity index (χ3v) is 3.89. The summed E-state index contributed by atoms with van der Waals surface area (Å²) < 4.78 is 0. The number of hydrogen-bond donors (Lipinski definition) is 3. The monoisotopic (exact) mass is 267 g/mol. The first kappa shape index (κ1) is 14.3. The molecule has 2 saturated heterocycles. The Morgan fingerprint density at radius 2 is 1.95 bits per heavy atom. The molecule has 0 aliphatic carbocycles. The van der Waals surface area contributed by atoms with Gasteiger partial charge >= 0.3 is 0 Å². The molecule has 0 aromatic carbocycles. The molecule has 2 amide bonds. The van der Waals surface area contributed by atoms with E-state index in [1.54, 1.807) is 6.92 Å². The van der Waals surface area contributed by atoms with Gasteiger partial charge in [-0.05, 0) is 47.0 Å². The molecule has 19 heavy (non-hydrogen) atoms. The summed E-state index contributed by atoms with van der Waals surface area (Å²) in [4.78, 5) is 24.1. The van der Waals surface area contributed by atoms with Crippen LogP contribution in [0, 0.1) is 5.92 Å². The first-order chi connectivity index (χ1) is 8.76. The number of rotatable bonds is 3. The summed E-state index contributed by atoms with van der Waals surface area (Å²) in [6, 6.07) is 0.327. The van der Waals surface area contributed by atoms with Crippen molar-refractivity contribution in [2.24, 2.45) is 5.92 Å². The van der Waals surface area contributed by atoms with Crippen LogP contribution in [0.4, 0.5) is 0 Å². The second-order valence-corrected chi connectivity index (χ2v) is 6.86. The van der Waals surface area contributed by atoms with Gasteiger partial charge in [0.25, 0.3) is 0 Å². The minimum atomic E-state index is -0.481.